The number of hydrogen-bond acceptors (Lipinski definition) is 4. The molecule has 0 spiro atoms. The molecule has 0 radical (unpaired) electrons. The predicted molar refractivity (Wildman–Crippen MR) is 74.0 cm³/mol. The topological polar surface area (TPSA) is 59.8 Å². The van der Waals surface area contributed by atoms with E-state index in [2.05, 4.69) is 15.4 Å². The number of rotatable bonds is 3. The Morgan fingerprint density at radius 1 is 1.42 bits per heavy atom. The Labute approximate surface area is 113 Å². The Bertz CT molecular complexity index is 698. The Hall–Kier alpha value is -2.21. The summed E-state index contributed by atoms with van der Waals surface area (Å²) < 4.78 is 2.73. The van der Waals surface area contributed by atoms with E-state index >= 15 is 0 Å². The SMILES string of the molecule is Cn1cc(CNC(=O)c2nc3ccccc3s2)cn1. The number of fused-ring (bicyclic) bond motifs is 1. The van der Waals surface area contributed by atoms with E-state index in [9.17, 15) is 4.79 Å². The standard InChI is InChI=1S/C13H12N4OS/c1-17-8-9(7-15-17)6-14-12(18)13-16-10-4-2-3-5-11(10)19-13/h2-5,7-8H,6H2,1H3,(H,14,18). The van der Waals surface area contributed by atoms with E-state index in [1.54, 1.807) is 10.9 Å². The van der Waals surface area contributed by atoms with Gasteiger partial charge in [-0.25, -0.2) is 4.98 Å². The average Bonchev–Trinajstić information content (AvgIpc) is 3.01. The summed E-state index contributed by atoms with van der Waals surface area (Å²) in [5, 5.41) is 7.39. The van der Waals surface area contributed by atoms with Crippen LogP contribution in [0.25, 0.3) is 10.2 Å². The van der Waals surface area contributed by atoms with Crippen molar-refractivity contribution in [3.05, 3.63) is 47.2 Å². The van der Waals surface area contributed by atoms with Crippen molar-refractivity contribution in [1.29, 1.82) is 0 Å². The van der Waals surface area contributed by atoms with E-state index in [1.807, 2.05) is 37.5 Å². The number of benzene rings is 1. The second-order valence-electron chi connectivity index (χ2n) is 4.19. The minimum atomic E-state index is -0.148. The Morgan fingerprint density at radius 2 is 2.26 bits per heavy atom. The van der Waals surface area contributed by atoms with Crippen LogP contribution in [0.1, 0.15) is 15.4 Å². The summed E-state index contributed by atoms with van der Waals surface area (Å²) in [6.45, 7) is 0.461. The number of nitrogens with zero attached hydrogens (tertiary/aromatic N) is 3. The smallest absolute Gasteiger partial charge is 0.280 e. The summed E-state index contributed by atoms with van der Waals surface area (Å²) in [4.78, 5) is 16.3. The molecule has 2 heterocycles. The van der Waals surface area contributed by atoms with Gasteiger partial charge in [-0.3, -0.25) is 9.48 Å². The van der Waals surface area contributed by atoms with Crippen LogP contribution >= 0.6 is 11.3 Å². The van der Waals surface area contributed by atoms with Crippen molar-refractivity contribution in [1.82, 2.24) is 20.1 Å². The van der Waals surface area contributed by atoms with Crippen LogP contribution in [0.2, 0.25) is 0 Å². The number of thiazole rings is 1. The first-order valence-electron chi connectivity index (χ1n) is 5.84. The molecule has 96 valence electrons. The number of nitrogens with one attached hydrogen (secondary N) is 1. The minimum Gasteiger partial charge on any atom is -0.346 e. The molecule has 0 aliphatic rings. The lowest BCUT2D eigenvalue weighted by Gasteiger charge is -1.99. The van der Waals surface area contributed by atoms with Crippen molar-refractivity contribution in [3.8, 4) is 0 Å². The van der Waals surface area contributed by atoms with Gasteiger partial charge in [-0.2, -0.15) is 5.10 Å². The van der Waals surface area contributed by atoms with E-state index < -0.39 is 0 Å². The second kappa shape index (κ2) is 4.81. The van der Waals surface area contributed by atoms with Gasteiger partial charge in [0.2, 0.25) is 0 Å². The fourth-order valence-electron chi connectivity index (χ4n) is 1.79. The van der Waals surface area contributed by atoms with Crippen molar-refractivity contribution in [3.63, 3.8) is 0 Å². The third-order valence-electron chi connectivity index (χ3n) is 2.70. The van der Waals surface area contributed by atoms with E-state index in [-0.39, 0.29) is 5.91 Å². The lowest BCUT2D eigenvalue weighted by Crippen LogP contribution is -2.22. The van der Waals surface area contributed by atoms with Crippen molar-refractivity contribution in [2.75, 3.05) is 0 Å². The van der Waals surface area contributed by atoms with Crippen molar-refractivity contribution in [2.24, 2.45) is 7.05 Å². The fourth-order valence-corrected chi connectivity index (χ4v) is 2.67. The van der Waals surface area contributed by atoms with E-state index in [4.69, 9.17) is 0 Å². The van der Waals surface area contributed by atoms with Crippen LogP contribution in [0, 0.1) is 0 Å². The number of hydrogen-bond donors (Lipinski definition) is 1. The maximum Gasteiger partial charge on any atom is 0.280 e. The molecule has 2 aromatic heterocycles. The molecule has 0 saturated carbocycles. The molecule has 3 rings (SSSR count). The summed E-state index contributed by atoms with van der Waals surface area (Å²) in [5.74, 6) is -0.148. The van der Waals surface area contributed by atoms with Crippen LogP contribution in [-0.2, 0) is 13.6 Å². The highest BCUT2D eigenvalue weighted by atomic mass is 32.1. The summed E-state index contributed by atoms with van der Waals surface area (Å²) in [6, 6.07) is 7.73. The number of carbonyl (C=O) groups is 1. The third-order valence-corrected chi connectivity index (χ3v) is 3.73. The lowest BCUT2D eigenvalue weighted by molar-refractivity contribution is 0.0950. The fraction of sp³-hybridized carbons (Fsp3) is 0.154. The second-order valence-corrected chi connectivity index (χ2v) is 5.22. The van der Waals surface area contributed by atoms with Crippen LogP contribution < -0.4 is 5.32 Å². The Kier molecular flexibility index (Phi) is 3.00. The summed E-state index contributed by atoms with van der Waals surface area (Å²) >= 11 is 1.40. The van der Waals surface area contributed by atoms with Crippen molar-refractivity contribution >= 4 is 27.5 Å². The van der Waals surface area contributed by atoms with Crippen molar-refractivity contribution in [2.45, 2.75) is 6.54 Å². The highest BCUT2D eigenvalue weighted by Gasteiger charge is 2.11. The zero-order valence-electron chi connectivity index (χ0n) is 10.3. The van der Waals surface area contributed by atoms with E-state index in [0.29, 0.717) is 11.6 Å². The Balaban J connectivity index is 1.73. The van der Waals surface area contributed by atoms with Gasteiger partial charge in [0, 0.05) is 25.4 Å². The number of aryl methyl sites for hydroxylation is 1. The molecular weight excluding hydrogens is 260 g/mol. The number of amides is 1. The molecule has 0 atom stereocenters. The molecule has 0 unspecified atom stereocenters. The number of carbonyl (C=O) groups excluding carboxylic acids is 1. The first kappa shape index (κ1) is 11.9. The van der Waals surface area contributed by atoms with E-state index in [1.165, 1.54) is 11.3 Å². The molecule has 1 N–H and O–H groups in total. The zero-order valence-corrected chi connectivity index (χ0v) is 11.1. The highest BCUT2D eigenvalue weighted by Crippen LogP contribution is 2.21. The predicted octanol–water partition coefficient (Wildman–Crippen LogP) is 1.96. The average molecular weight is 272 g/mol. The van der Waals surface area contributed by atoms with Crippen LogP contribution in [0.4, 0.5) is 0 Å². The first-order chi connectivity index (χ1) is 9.22. The minimum absolute atomic E-state index is 0.148. The molecule has 6 heteroatoms. The monoisotopic (exact) mass is 272 g/mol. The maximum atomic E-state index is 12.0. The zero-order chi connectivity index (χ0) is 13.2. The molecule has 0 aliphatic carbocycles. The largest absolute Gasteiger partial charge is 0.346 e. The van der Waals surface area contributed by atoms with Gasteiger partial charge in [-0.15, -0.1) is 11.3 Å². The third kappa shape index (κ3) is 2.48. The van der Waals surface area contributed by atoms with Crippen molar-refractivity contribution < 1.29 is 4.79 Å². The summed E-state index contributed by atoms with van der Waals surface area (Å²) in [6.07, 6.45) is 3.61. The van der Waals surface area contributed by atoms with Gasteiger partial charge >= 0.3 is 0 Å². The molecular formula is C13H12N4OS. The Morgan fingerprint density at radius 3 is 3.00 bits per heavy atom. The quantitative estimate of drug-likeness (QED) is 0.793. The van der Waals surface area contributed by atoms with Gasteiger partial charge in [0.1, 0.15) is 0 Å². The van der Waals surface area contributed by atoms with Crippen LogP contribution in [-0.4, -0.2) is 20.7 Å². The molecule has 5 nitrogen and oxygen atoms in total. The van der Waals surface area contributed by atoms with Gasteiger partial charge in [0.25, 0.3) is 5.91 Å². The summed E-state index contributed by atoms with van der Waals surface area (Å²) in [7, 11) is 1.85. The normalized spacial score (nSPS) is 10.8. The molecule has 19 heavy (non-hydrogen) atoms. The van der Waals surface area contributed by atoms with Crippen LogP contribution in [0.3, 0.4) is 0 Å². The lowest BCUT2D eigenvalue weighted by atomic mass is 10.3. The van der Waals surface area contributed by atoms with Gasteiger partial charge in [-0.1, -0.05) is 12.1 Å². The number of para-hydroxylation sites is 1. The first-order valence-corrected chi connectivity index (χ1v) is 6.65. The molecule has 1 aromatic carbocycles. The molecule has 1 amide bonds. The molecule has 0 aliphatic heterocycles. The van der Waals surface area contributed by atoms with Gasteiger partial charge in [-0.05, 0) is 12.1 Å². The molecule has 0 fully saturated rings. The molecule has 0 saturated heterocycles. The van der Waals surface area contributed by atoms with Gasteiger partial charge in [0.15, 0.2) is 5.01 Å². The van der Waals surface area contributed by atoms with E-state index in [0.717, 1.165) is 15.8 Å². The number of aromatic nitrogens is 3. The maximum absolute atomic E-state index is 12.0. The molecule has 0 bridgehead atoms. The summed E-state index contributed by atoms with van der Waals surface area (Å²) in [5.41, 5.74) is 1.83. The highest BCUT2D eigenvalue weighted by molar-refractivity contribution is 7.20. The van der Waals surface area contributed by atoms with Crippen LogP contribution in [0.15, 0.2) is 36.7 Å². The van der Waals surface area contributed by atoms with Crippen LogP contribution in [0.5, 0.6) is 0 Å². The van der Waals surface area contributed by atoms with Gasteiger partial charge in [0.05, 0.1) is 16.4 Å². The van der Waals surface area contributed by atoms with Gasteiger partial charge < -0.3 is 5.32 Å². The molecule has 3 aromatic rings.